The molecule has 84 valence electrons. The molecule has 2 nitrogen and oxygen atoms in total. The smallest absolute Gasteiger partial charge is 0.0220 e. The molecule has 0 bridgehead atoms. The van der Waals surface area contributed by atoms with Crippen molar-refractivity contribution in [2.24, 2.45) is 5.92 Å². The maximum absolute atomic E-state index is 4.33. The van der Waals surface area contributed by atoms with Crippen molar-refractivity contribution in [1.82, 2.24) is 9.80 Å². The Morgan fingerprint density at radius 3 is 2.86 bits per heavy atom. The zero-order chi connectivity index (χ0) is 10.6. The third-order valence-corrected chi connectivity index (χ3v) is 3.76. The molecule has 2 atom stereocenters. The Morgan fingerprint density at radius 1 is 1.57 bits per heavy atom. The van der Waals surface area contributed by atoms with Crippen molar-refractivity contribution < 1.29 is 0 Å². The molecule has 0 amide bonds. The van der Waals surface area contributed by atoms with Crippen LogP contribution in [0.4, 0.5) is 0 Å². The molecule has 0 aromatic carbocycles. The van der Waals surface area contributed by atoms with Crippen molar-refractivity contribution in [1.29, 1.82) is 0 Å². The van der Waals surface area contributed by atoms with Gasteiger partial charge in [0.2, 0.25) is 0 Å². The highest BCUT2D eigenvalue weighted by Gasteiger charge is 2.21. The summed E-state index contributed by atoms with van der Waals surface area (Å²) in [5, 5.41) is 0. The normalized spacial score (nSPS) is 26.8. The Kier molecular flexibility index (Phi) is 5.28. The predicted molar refractivity (Wildman–Crippen MR) is 66.2 cm³/mol. The highest BCUT2D eigenvalue weighted by Crippen LogP contribution is 2.14. The second-order valence-electron chi connectivity index (χ2n) is 4.79. The molecule has 0 radical (unpaired) electrons. The Balaban J connectivity index is 2.31. The topological polar surface area (TPSA) is 6.48 Å². The quantitative estimate of drug-likeness (QED) is 0.713. The average molecular weight is 216 g/mol. The molecule has 3 heteroatoms. The number of likely N-dealkylation sites (tertiary alicyclic amines) is 1. The van der Waals surface area contributed by atoms with Crippen LogP contribution in [-0.4, -0.2) is 55.3 Å². The molecule has 2 unspecified atom stereocenters. The fourth-order valence-corrected chi connectivity index (χ4v) is 2.31. The first-order valence-corrected chi connectivity index (χ1v) is 6.26. The van der Waals surface area contributed by atoms with E-state index >= 15 is 0 Å². The second-order valence-corrected chi connectivity index (χ2v) is 5.15. The van der Waals surface area contributed by atoms with Gasteiger partial charge in [-0.2, -0.15) is 12.6 Å². The van der Waals surface area contributed by atoms with E-state index in [0.29, 0.717) is 5.92 Å². The van der Waals surface area contributed by atoms with Crippen LogP contribution in [0, 0.1) is 5.92 Å². The van der Waals surface area contributed by atoms with Crippen LogP contribution in [0.15, 0.2) is 0 Å². The predicted octanol–water partition coefficient (Wildman–Crippen LogP) is 1.58. The van der Waals surface area contributed by atoms with Gasteiger partial charge < -0.3 is 9.80 Å². The van der Waals surface area contributed by atoms with Crippen molar-refractivity contribution in [3.8, 4) is 0 Å². The van der Waals surface area contributed by atoms with Crippen LogP contribution < -0.4 is 0 Å². The van der Waals surface area contributed by atoms with Gasteiger partial charge in [0, 0.05) is 19.1 Å². The van der Waals surface area contributed by atoms with Gasteiger partial charge in [-0.3, -0.25) is 0 Å². The van der Waals surface area contributed by atoms with E-state index in [1.54, 1.807) is 0 Å². The lowest BCUT2D eigenvalue weighted by Gasteiger charge is -2.36. The van der Waals surface area contributed by atoms with Gasteiger partial charge in [-0.1, -0.05) is 6.92 Å². The minimum Gasteiger partial charge on any atom is -0.305 e. The number of hydrogen-bond acceptors (Lipinski definition) is 3. The lowest BCUT2D eigenvalue weighted by Crippen LogP contribution is -2.46. The van der Waals surface area contributed by atoms with Crippen LogP contribution in [-0.2, 0) is 0 Å². The first-order valence-electron chi connectivity index (χ1n) is 5.63. The summed E-state index contributed by atoms with van der Waals surface area (Å²) in [7, 11) is 4.48. The third-order valence-electron chi connectivity index (χ3n) is 3.13. The van der Waals surface area contributed by atoms with Crippen LogP contribution in [0.5, 0.6) is 0 Å². The minimum absolute atomic E-state index is 0.704. The number of likely N-dealkylation sites (N-methyl/N-ethyl adjacent to an activating group) is 2. The first kappa shape index (κ1) is 12.3. The number of nitrogens with zero attached hydrogens (tertiary/aromatic N) is 2. The molecule has 0 spiro atoms. The zero-order valence-corrected chi connectivity index (χ0v) is 10.6. The molecule has 0 aromatic rings. The molecule has 1 rings (SSSR count). The standard InChI is InChI=1S/C11H24N2S/c1-10(9-14)7-13(3)11-5-4-6-12(2)8-11/h10-11,14H,4-9H2,1-3H3. The fourth-order valence-electron chi connectivity index (χ4n) is 2.20. The van der Waals surface area contributed by atoms with Gasteiger partial charge in [-0.15, -0.1) is 0 Å². The van der Waals surface area contributed by atoms with Gasteiger partial charge in [0.1, 0.15) is 0 Å². The molecule has 14 heavy (non-hydrogen) atoms. The first-order chi connectivity index (χ1) is 6.63. The van der Waals surface area contributed by atoms with Crippen LogP contribution in [0.3, 0.4) is 0 Å². The highest BCUT2D eigenvalue weighted by atomic mass is 32.1. The van der Waals surface area contributed by atoms with Crippen molar-refractivity contribution in [2.45, 2.75) is 25.8 Å². The summed E-state index contributed by atoms with van der Waals surface area (Å²) in [5.41, 5.74) is 0. The minimum atomic E-state index is 0.704. The maximum atomic E-state index is 4.33. The lowest BCUT2D eigenvalue weighted by atomic mass is 10.0. The van der Waals surface area contributed by atoms with Gasteiger partial charge in [-0.05, 0) is 45.2 Å². The van der Waals surface area contributed by atoms with Gasteiger partial charge in [0.05, 0.1) is 0 Å². The average Bonchev–Trinajstić information content (AvgIpc) is 2.17. The Labute approximate surface area is 94.1 Å². The maximum Gasteiger partial charge on any atom is 0.0220 e. The zero-order valence-electron chi connectivity index (χ0n) is 9.74. The van der Waals surface area contributed by atoms with E-state index in [-0.39, 0.29) is 0 Å². The van der Waals surface area contributed by atoms with Crippen LogP contribution >= 0.6 is 12.6 Å². The van der Waals surface area contributed by atoms with Crippen molar-refractivity contribution in [2.75, 3.05) is 39.5 Å². The van der Waals surface area contributed by atoms with E-state index in [9.17, 15) is 0 Å². The SMILES string of the molecule is CC(CS)CN(C)C1CCCN(C)C1. The third kappa shape index (κ3) is 3.79. The fraction of sp³-hybridized carbons (Fsp3) is 1.00. The Hall–Kier alpha value is 0.270. The van der Waals surface area contributed by atoms with E-state index in [0.717, 1.165) is 11.8 Å². The molecular formula is C11H24N2S. The molecule has 0 aliphatic carbocycles. The van der Waals surface area contributed by atoms with Gasteiger partial charge in [-0.25, -0.2) is 0 Å². The summed E-state index contributed by atoms with van der Waals surface area (Å²) in [6.45, 7) is 5.96. The summed E-state index contributed by atoms with van der Waals surface area (Å²) >= 11 is 4.33. The summed E-state index contributed by atoms with van der Waals surface area (Å²) < 4.78 is 0. The molecule has 0 N–H and O–H groups in total. The number of hydrogen-bond donors (Lipinski definition) is 1. The molecule has 1 aliphatic rings. The van der Waals surface area contributed by atoms with E-state index < -0.39 is 0 Å². The summed E-state index contributed by atoms with van der Waals surface area (Å²) in [6, 6.07) is 0.760. The van der Waals surface area contributed by atoms with E-state index in [1.165, 1.54) is 32.5 Å². The lowest BCUT2D eigenvalue weighted by molar-refractivity contribution is 0.125. The second kappa shape index (κ2) is 5.99. The largest absolute Gasteiger partial charge is 0.305 e. The molecule has 1 fully saturated rings. The molecule has 1 heterocycles. The van der Waals surface area contributed by atoms with Gasteiger partial charge in [0.15, 0.2) is 0 Å². The molecule has 0 aromatic heterocycles. The summed E-state index contributed by atoms with van der Waals surface area (Å²) in [4.78, 5) is 4.95. The van der Waals surface area contributed by atoms with Crippen molar-refractivity contribution in [3.05, 3.63) is 0 Å². The van der Waals surface area contributed by atoms with Gasteiger partial charge in [0.25, 0.3) is 0 Å². The van der Waals surface area contributed by atoms with Crippen LogP contribution in [0.2, 0.25) is 0 Å². The van der Waals surface area contributed by atoms with Crippen LogP contribution in [0.1, 0.15) is 19.8 Å². The number of rotatable bonds is 4. The number of thiol groups is 1. The van der Waals surface area contributed by atoms with E-state index in [1.807, 2.05) is 0 Å². The number of piperidine rings is 1. The summed E-state index contributed by atoms with van der Waals surface area (Å²) in [6.07, 6.45) is 2.71. The molecular weight excluding hydrogens is 192 g/mol. The Bertz CT molecular complexity index is 163. The van der Waals surface area contributed by atoms with Crippen molar-refractivity contribution in [3.63, 3.8) is 0 Å². The Morgan fingerprint density at radius 2 is 2.29 bits per heavy atom. The van der Waals surface area contributed by atoms with E-state index in [2.05, 4.69) is 43.4 Å². The molecule has 1 saturated heterocycles. The van der Waals surface area contributed by atoms with Crippen LogP contribution in [0.25, 0.3) is 0 Å². The highest BCUT2D eigenvalue weighted by molar-refractivity contribution is 7.80. The van der Waals surface area contributed by atoms with Gasteiger partial charge >= 0.3 is 0 Å². The van der Waals surface area contributed by atoms with E-state index in [4.69, 9.17) is 0 Å². The molecule has 1 aliphatic heterocycles. The molecule has 0 saturated carbocycles. The van der Waals surface area contributed by atoms with Crippen molar-refractivity contribution >= 4 is 12.6 Å². The monoisotopic (exact) mass is 216 g/mol. The summed E-state index contributed by atoms with van der Waals surface area (Å²) in [5.74, 6) is 1.70.